The number of amides is 1. The van der Waals surface area contributed by atoms with Crippen LogP contribution < -0.4 is 5.32 Å². The lowest BCUT2D eigenvalue weighted by Gasteiger charge is -2.08. The first-order chi connectivity index (χ1) is 11.3. The van der Waals surface area contributed by atoms with E-state index in [2.05, 4.69) is 16.4 Å². The largest absolute Gasteiger partial charge is 0.322 e. The highest BCUT2D eigenvalue weighted by Crippen LogP contribution is 2.21. The Bertz CT molecular complexity index is 1020. The molecule has 110 valence electrons. The van der Waals surface area contributed by atoms with Gasteiger partial charge < -0.3 is 5.32 Å². The molecular formula is C20H14N2O. The number of nitrogens with zero attached hydrogens (tertiary/aromatic N) is 1. The molecule has 23 heavy (non-hydrogen) atoms. The smallest absolute Gasteiger partial charge is 0.256 e. The molecule has 3 heteroatoms. The minimum atomic E-state index is -0.126. The van der Waals surface area contributed by atoms with Crippen molar-refractivity contribution in [1.29, 1.82) is 0 Å². The summed E-state index contributed by atoms with van der Waals surface area (Å²) >= 11 is 0. The summed E-state index contributed by atoms with van der Waals surface area (Å²) in [5, 5.41) is 6.09. The number of para-hydroxylation sites is 1. The van der Waals surface area contributed by atoms with E-state index < -0.39 is 0 Å². The molecule has 0 aliphatic carbocycles. The molecule has 4 rings (SSSR count). The van der Waals surface area contributed by atoms with E-state index in [0.717, 1.165) is 27.4 Å². The molecule has 4 aromatic rings. The van der Waals surface area contributed by atoms with E-state index in [0.29, 0.717) is 5.56 Å². The van der Waals surface area contributed by atoms with Gasteiger partial charge in [-0.25, -0.2) is 0 Å². The van der Waals surface area contributed by atoms with E-state index in [1.807, 2.05) is 60.7 Å². The maximum absolute atomic E-state index is 12.6. The molecule has 0 saturated heterocycles. The van der Waals surface area contributed by atoms with E-state index in [-0.39, 0.29) is 5.91 Å². The maximum Gasteiger partial charge on any atom is 0.256 e. The van der Waals surface area contributed by atoms with Gasteiger partial charge in [0.25, 0.3) is 5.91 Å². The Labute approximate surface area is 133 Å². The number of rotatable bonds is 2. The van der Waals surface area contributed by atoms with Gasteiger partial charge in [0.1, 0.15) is 0 Å². The Kier molecular flexibility index (Phi) is 3.24. The van der Waals surface area contributed by atoms with Gasteiger partial charge in [-0.05, 0) is 35.0 Å². The second-order valence-corrected chi connectivity index (χ2v) is 5.39. The number of pyridine rings is 1. The van der Waals surface area contributed by atoms with Crippen LogP contribution in [0.4, 0.5) is 5.69 Å². The van der Waals surface area contributed by atoms with E-state index in [4.69, 9.17) is 0 Å². The topological polar surface area (TPSA) is 42.0 Å². The molecule has 3 aromatic carbocycles. The van der Waals surface area contributed by atoms with E-state index >= 15 is 0 Å². The number of benzene rings is 3. The number of carbonyl (C=O) groups excluding carboxylic acids is 1. The minimum Gasteiger partial charge on any atom is -0.322 e. The van der Waals surface area contributed by atoms with Crippen molar-refractivity contribution in [3.8, 4) is 0 Å². The summed E-state index contributed by atoms with van der Waals surface area (Å²) in [5.74, 6) is -0.126. The van der Waals surface area contributed by atoms with Gasteiger partial charge in [-0.1, -0.05) is 48.5 Å². The quantitative estimate of drug-likeness (QED) is 0.585. The van der Waals surface area contributed by atoms with Gasteiger partial charge in [0, 0.05) is 17.3 Å². The Morgan fingerprint density at radius 1 is 0.826 bits per heavy atom. The summed E-state index contributed by atoms with van der Waals surface area (Å²) in [5.41, 5.74) is 2.23. The third kappa shape index (κ3) is 2.53. The summed E-state index contributed by atoms with van der Waals surface area (Å²) in [7, 11) is 0. The minimum absolute atomic E-state index is 0.126. The second kappa shape index (κ2) is 5.54. The third-order valence-corrected chi connectivity index (χ3v) is 3.90. The zero-order valence-corrected chi connectivity index (χ0v) is 12.4. The summed E-state index contributed by atoms with van der Waals surface area (Å²) in [4.78, 5) is 16.9. The molecule has 0 radical (unpaired) electrons. The van der Waals surface area contributed by atoms with Gasteiger partial charge in [0.2, 0.25) is 0 Å². The lowest BCUT2D eigenvalue weighted by atomic mass is 10.1. The van der Waals surface area contributed by atoms with E-state index in [1.165, 1.54) is 0 Å². The number of hydrogen-bond donors (Lipinski definition) is 1. The molecule has 1 aromatic heterocycles. The number of fused-ring (bicyclic) bond motifs is 2. The molecule has 0 saturated carbocycles. The van der Waals surface area contributed by atoms with Crippen LogP contribution in [-0.2, 0) is 0 Å². The van der Waals surface area contributed by atoms with Crippen LogP contribution in [0, 0.1) is 0 Å². The van der Waals surface area contributed by atoms with Gasteiger partial charge >= 0.3 is 0 Å². The average Bonchev–Trinajstić information content (AvgIpc) is 2.61. The van der Waals surface area contributed by atoms with Gasteiger partial charge in [-0.3, -0.25) is 9.78 Å². The van der Waals surface area contributed by atoms with Crippen LogP contribution in [0.2, 0.25) is 0 Å². The molecule has 0 unspecified atom stereocenters. The molecule has 1 N–H and O–H groups in total. The molecule has 0 spiro atoms. The number of anilines is 1. The number of carbonyl (C=O) groups is 1. The predicted molar refractivity (Wildman–Crippen MR) is 93.6 cm³/mol. The standard InChI is InChI=1S/C20H14N2O/c23-20(18-11-12-21-19-8-4-3-7-17(18)19)22-16-10-9-14-5-1-2-6-15(14)13-16/h1-13H,(H,22,23). The Hall–Kier alpha value is -3.20. The SMILES string of the molecule is O=C(Nc1ccc2ccccc2c1)c1ccnc2ccccc12. The second-order valence-electron chi connectivity index (χ2n) is 5.39. The summed E-state index contributed by atoms with van der Waals surface area (Å²) in [6.45, 7) is 0. The fraction of sp³-hybridized carbons (Fsp3) is 0. The zero-order chi connectivity index (χ0) is 15.6. The van der Waals surface area contributed by atoms with E-state index in [1.54, 1.807) is 12.3 Å². The number of hydrogen-bond acceptors (Lipinski definition) is 2. The van der Waals surface area contributed by atoms with Crippen LogP contribution in [0.15, 0.2) is 79.0 Å². The maximum atomic E-state index is 12.6. The highest BCUT2D eigenvalue weighted by molar-refractivity contribution is 6.12. The highest BCUT2D eigenvalue weighted by atomic mass is 16.1. The molecule has 0 bridgehead atoms. The molecule has 0 aliphatic heterocycles. The zero-order valence-electron chi connectivity index (χ0n) is 12.4. The normalized spacial score (nSPS) is 10.8. The van der Waals surface area contributed by atoms with Crippen molar-refractivity contribution < 1.29 is 4.79 Å². The summed E-state index contributed by atoms with van der Waals surface area (Å²) in [6, 6.07) is 23.4. The fourth-order valence-electron chi connectivity index (χ4n) is 2.76. The van der Waals surface area contributed by atoms with Crippen molar-refractivity contribution in [3.05, 3.63) is 84.6 Å². The van der Waals surface area contributed by atoms with Crippen molar-refractivity contribution in [1.82, 2.24) is 4.98 Å². The van der Waals surface area contributed by atoms with Gasteiger partial charge in [-0.2, -0.15) is 0 Å². The van der Waals surface area contributed by atoms with Gasteiger partial charge in [0.05, 0.1) is 11.1 Å². The number of nitrogens with one attached hydrogen (secondary N) is 1. The van der Waals surface area contributed by atoms with Crippen molar-refractivity contribution in [2.75, 3.05) is 5.32 Å². The van der Waals surface area contributed by atoms with Crippen molar-refractivity contribution >= 4 is 33.3 Å². The first-order valence-corrected chi connectivity index (χ1v) is 7.45. The van der Waals surface area contributed by atoms with Crippen molar-refractivity contribution in [3.63, 3.8) is 0 Å². The fourth-order valence-corrected chi connectivity index (χ4v) is 2.76. The van der Waals surface area contributed by atoms with Crippen LogP contribution in [0.5, 0.6) is 0 Å². The van der Waals surface area contributed by atoms with Crippen molar-refractivity contribution in [2.24, 2.45) is 0 Å². The number of aromatic nitrogens is 1. The molecule has 0 aliphatic rings. The molecule has 1 heterocycles. The van der Waals surface area contributed by atoms with Gasteiger partial charge in [-0.15, -0.1) is 0 Å². The first-order valence-electron chi connectivity index (χ1n) is 7.45. The van der Waals surface area contributed by atoms with E-state index in [9.17, 15) is 4.79 Å². The first kappa shape index (κ1) is 13.5. The summed E-state index contributed by atoms with van der Waals surface area (Å²) < 4.78 is 0. The van der Waals surface area contributed by atoms with Crippen LogP contribution in [0.25, 0.3) is 21.7 Å². The Morgan fingerprint density at radius 2 is 1.61 bits per heavy atom. The summed E-state index contributed by atoms with van der Waals surface area (Å²) in [6.07, 6.45) is 1.66. The Morgan fingerprint density at radius 3 is 2.52 bits per heavy atom. The van der Waals surface area contributed by atoms with Gasteiger partial charge in [0.15, 0.2) is 0 Å². The molecule has 1 amide bonds. The Balaban J connectivity index is 1.70. The van der Waals surface area contributed by atoms with Crippen molar-refractivity contribution in [2.45, 2.75) is 0 Å². The molecule has 0 fully saturated rings. The van der Waals surface area contributed by atoms with Crippen LogP contribution in [0.1, 0.15) is 10.4 Å². The van der Waals surface area contributed by atoms with Crippen LogP contribution >= 0.6 is 0 Å². The third-order valence-electron chi connectivity index (χ3n) is 3.90. The molecule has 0 atom stereocenters. The van der Waals surface area contributed by atoms with Crippen LogP contribution in [-0.4, -0.2) is 10.9 Å². The molecular weight excluding hydrogens is 284 g/mol. The average molecular weight is 298 g/mol. The highest BCUT2D eigenvalue weighted by Gasteiger charge is 2.10. The lowest BCUT2D eigenvalue weighted by Crippen LogP contribution is -2.12. The van der Waals surface area contributed by atoms with Crippen LogP contribution in [0.3, 0.4) is 0 Å². The molecule has 3 nitrogen and oxygen atoms in total. The lowest BCUT2D eigenvalue weighted by molar-refractivity contribution is 0.102. The predicted octanol–water partition coefficient (Wildman–Crippen LogP) is 4.64. The monoisotopic (exact) mass is 298 g/mol.